The maximum absolute atomic E-state index is 12.9. The van der Waals surface area contributed by atoms with E-state index in [0.717, 1.165) is 6.07 Å². The highest BCUT2D eigenvalue weighted by atomic mass is 32.2. The van der Waals surface area contributed by atoms with Crippen LogP contribution in [0.5, 0.6) is 0 Å². The van der Waals surface area contributed by atoms with Gasteiger partial charge in [-0.25, -0.2) is 13.1 Å². The molecule has 4 nitrogen and oxygen atoms in total. The van der Waals surface area contributed by atoms with Gasteiger partial charge >= 0.3 is 6.18 Å². The summed E-state index contributed by atoms with van der Waals surface area (Å²) in [5.74, 6) is -0.732. The van der Waals surface area contributed by atoms with E-state index in [0.29, 0.717) is 12.8 Å². The fourth-order valence-electron chi connectivity index (χ4n) is 2.22. The van der Waals surface area contributed by atoms with Crippen molar-refractivity contribution in [3.63, 3.8) is 0 Å². The summed E-state index contributed by atoms with van der Waals surface area (Å²) in [7, 11) is -3.94. The van der Waals surface area contributed by atoms with Crippen LogP contribution in [-0.2, 0) is 22.0 Å². The summed E-state index contributed by atoms with van der Waals surface area (Å²) in [6.07, 6.45) is -3.67. The molecular weight excluding hydrogens is 317 g/mol. The molecule has 1 rings (SSSR count). The molecule has 0 amide bonds. The normalized spacial score (nSPS) is 13.4. The lowest BCUT2D eigenvalue weighted by atomic mass is 9.95. The summed E-state index contributed by atoms with van der Waals surface area (Å²) in [6, 6.07) is 4.66. The Morgan fingerprint density at radius 3 is 2.14 bits per heavy atom. The molecule has 0 unspecified atom stereocenters. The topological polar surface area (TPSA) is 72.2 Å². The molecule has 0 saturated heterocycles. The quantitative estimate of drug-likeness (QED) is 0.803. The first-order valence-electron chi connectivity index (χ1n) is 6.96. The minimum absolute atomic E-state index is 0.0835. The van der Waals surface area contributed by atoms with Crippen molar-refractivity contribution in [2.45, 2.75) is 44.2 Å². The number of alkyl halides is 3. The van der Waals surface area contributed by atoms with Crippen LogP contribution in [0.4, 0.5) is 13.2 Å². The van der Waals surface area contributed by atoms with Crippen molar-refractivity contribution >= 4 is 10.0 Å². The van der Waals surface area contributed by atoms with Crippen LogP contribution in [0.25, 0.3) is 0 Å². The van der Waals surface area contributed by atoms with Gasteiger partial charge in [0.15, 0.2) is 0 Å². The number of rotatable bonds is 7. The lowest BCUT2D eigenvalue weighted by molar-refractivity contribution is -0.138. The fourth-order valence-corrected chi connectivity index (χ4v) is 3.98. The zero-order chi connectivity index (χ0) is 17.0. The van der Waals surface area contributed by atoms with E-state index < -0.39 is 33.1 Å². The molecule has 0 aliphatic carbocycles. The zero-order valence-corrected chi connectivity index (χ0v) is 13.4. The Labute approximate surface area is 128 Å². The largest absolute Gasteiger partial charge is 0.416 e. The van der Waals surface area contributed by atoms with Gasteiger partial charge in [-0.2, -0.15) is 13.2 Å². The van der Waals surface area contributed by atoms with Gasteiger partial charge in [-0.15, -0.1) is 0 Å². The van der Waals surface area contributed by atoms with Crippen LogP contribution in [0.3, 0.4) is 0 Å². The minimum atomic E-state index is -4.59. The van der Waals surface area contributed by atoms with Crippen LogP contribution in [0, 0.1) is 0 Å². The standard InChI is InChI=1S/C14H21F3N2O2S/c1-3-13(4-2,10-18)19-22(20,21)9-11-7-5-6-8-12(11)14(15,16)17/h5-8,19H,3-4,9-10,18H2,1-2H3. The van der Waals surface area contributed by atoms with Gasteiger partial charge in [-0.1, -0.05) is 32.0 Å². The Hall–Kier alpha value is -1.12. The molecule has 0 aromatic heterocycles. The smallest absolute Gasteiger partial charge is 0.329 e. The van der Waals surface area contributed by atoms with Crippen LogP contribution in [0.1, 0.15) is 37.8 Å². The molecule has 0 aliphatic rings. The van der Waals surface area contributed by atoms with E-state index in [9.17, 15) is 21.6 Å². The number of hydrogen-bond acceptors (Lipinski definition) is 3. The van der Waals surface area contributed by atoms with Crippen LogP contribution in [0.15, 0.2) is 24.3 Å². The molecule has 0 heterocycles. The Bertz CT molecular complexity index is 588. The van der Waals surface area contributed by atoms with Gasteiger partial charge < -0.3 is 5.73 Å². The molecule has 1 aromatic carbocycles. The molecule has 0 radical (unpaired) electrons. The highest BCUT2D eigenvalue weighted by Crippen LogP contribution is 2.32. The number of hydrogen-bond donors (Lipinski definition) is 2. The SMILES string of the molecule is CCC(CC)(CN)NS(=O)(=O)Cc1ccccc1C(F)(F)F. The van der Waals surface area contributed by atoms with E-state index in [1.54, 1.807) is 13.8 Å². The van der Waals surface area contributed by atoms with Crippen LogP contribution in [0.2, 0.25) is 0 Å². The first-order valence-corrected chi connectivity index (χ1v) is 8.61. The summed E-state index contributed by atoms with van der Waals surface area (Å²) in [5.41, 5.74) is 3.58. The monoisotopic (exact) mass is 338 g/mol. The molecular formula is C14H21F3N2O2S. The predicted molar refractivity (Wildman–Crippen MR) is 79.6 cm³/mol. The molecule has 0 atom stereocenters. The van der Waals surface area contributed by atoms with Gasteiger partial charge in [0.05, 0.1) is 11.3 Å². The molecule has 0 saturated carbocycles. The Kier molecular flexibility index (Phi) is 6.00. The van der Waals surface area contributed by atoms with E-state index in [2.05, 4.69) is 4.72 Å². The average Bonchev–Trinajstić information content (AvgIpc) is 2.44. The van der Waals surface area contributed by atoms with Gasteiger partial charge in [-0.05, 0) is 24.5 Å². The number of sulfonamides is 1. The van der Waals surface area contributed by atoms with Crippen molar-refractivity contribution in [2.75, 3.05) is 6.54 Å². The Morgan fingerprint density at radius 2 is 1.68 bits per heavy atom. The third-order valence-electron chi connectivity index (χ3n) is 3.78. The number of benzene rings is 1. The lowest BCUT2D eigenvalue weighted by Crippen LogP contribution is -2.53. The zero-order valence-electron chi connectivity index (χ0n) is 12.6. The first-order chi connectivity index (χ1) is 10.1. The summed E-state index contributed by atoms with van der Waals surface area (Å²) in [5, 5.41) is 0. The van der Waals surface area contributed by atoms with Gasteiger partial charge in [0, 0.05) is 12.1 Å². The van der Waals surface area contributed by atoms with E-state index in [4.69, 9.17) is 5.73 Å². The molecule has 3 N–H and O–H groups in total. The van der Waals surface area contributed by atoms with Crippen molar-refractivity contribution in [3.8, 4) is 0 Å². The van der Waals surface area contributed by atoms with Crippen molar-refractivity contribution in [3.05, 3.63) is 35.4 Å². The van der Waals surface area contributed by atoms with Gasteiger partial charge in [0.25, 0.3) is 0 Å². The fraction of sp³-hybridized carbons (Fsp3) is 0.571. The third-order valence-corrected chi connectivity index (χ3v) is 5.22. The molecule has 0 fully saturated rings. The highest BCUT2D eigenvalue weighted by Gasteiger charge is 2.35. The second-order valence-corrected chi connectivity index (χ2v) is 6.93. The van der Waals surface area contributed by atoms with Crippen molar-refractivity contribution in [2.24, 2.45) is 5.73 Å². The van der Waals surface area contributed by atoms with Gasteiger partial charge in [-0.3, -0.25) is 0 Å². The molecule has 0 spiro atoms. The summed E-state index contributed by atoms with van der Waals surface area (Å²) in [6.45, 7) is 3.64. The van der Waals surface area contributed by atoms with Crippen molar-refractivity contribution in [1.29, 1.82) is 0 Å². The highest BCUT2D eigenvalue weighted by molar-refractivity contribution is 7.88. The maximum Gasteiger partial charge on any atom is 0.416 e. The summed E-state index contributed by atoms with van der Waals surface area (Å²) in [4.78, 5) is 0. The van der Waals surface area contributed by atoms with Gasteiger partial charge in [0.2, 0.25) is 10.0 Å². The second kappa shape index (κ2) is 6.97. The summed E-state index contributed by atoms with van der Waals surface area (Å²) >= 11 is 0. The van der Waals surface area contributed by atoms with E-state index in [-0.39, 0.29) is 12.1 Å². The average molecular weight is 338 g/mol. The van der Waals surface area contributed by atoms with Crippen molar-refractivity contribution in [1.82, 2.24) is 4.72 Å². The van der Waals surface area contributed by atoms with Gasteiger partial charge in [0.1, 0.15) is 0 Å². The van der Waals surface area contributed by atoms with Crippen LogP contribution in [-0.4, -0.2) is 20.5 Å². The lowest BCUT2D eigenvalue weighted by Gasteiger charge is -2.31. The molecule has 126 valence electrons. The van der Waals surface area contributed by atoms with Crippen LogP contribution < -0.4 is 10.5 Å². The predicted octanol–water partition coefficient (Wildman–Crippen LogP) is 2.64. The molecule has 22 heavy (non-hydrogen) atoms. The number of nitrogens with one attached hydrogen (secondary N) is 1. The van der Waals surface area contributed by atoms with E-state index >= 15 is 0 Å². The third kappa shape index (κ3) is 4.69. The molecule has 0 bridgehead atoms. The minimum Gasteiger partial charge on any atom is -0.329 e. The Balaban J connectivity index is 3.09. The van der Waals surface area contributed by atoms with E-state index in [1.807, 2.05) is 0 Å². The molecule has 1 aromatic rings. The molecule has 8 heteroatoms. The second-order valence-electron chi connectivity index (χ2n) is 5.21. The Morgan fingerprint density at radius 1 is 1.14 bits per heavy atom. The maximum atomic E-state index is 12.9. The number of nitrogens with two attached hydrogens (primary N) is 1. The first kappa shape index (κ1) is 18.9. The number of halogens is 3. The molecule has 0 aliphatic heterocycles. The summed E-state index contributed by atoms with van der Waals surface area (Å²) < 4.78 is 65.7. The van der Waals surface area contributed by atoms with Crippen LogP contribution >= 0.6 is 0 Å². The van der Waals surface area contributed by atoms with Crippen molar-refractivity contribution < 1.29 is 21.6 Å². The van der Waals surface area contributed by atoms with E-state index in [1.165, 1.54) is 18.2 Å².